The molecule has 0 saturated carbocycles. The quantitative estimate of drug-likeness (QED) is 0.761. The Morgan fingerprint density at radius 2 is 2.00 bits per heavy atom. The molecule has 2 aromatic carbocycles. The Labute approximate surface area is 144 Å². The van der Waals surface area contributed by atoms with E-state index in [0.29, 0.717) is 23.7 Å². The zero-order valence-electron chi connectivity index (χ0n) is 14.0. The number of nitrogens with one attached hydrogen (secondary N) is 1. The number of benzene rings is 2. The van der Waals surface area contributed by atoms with Crippen molar-refractivity contribution in [2.24, 2.45) is 0 Å². The summed E-state index contributed by atoms with van der Waals surface area (Å²) < 4.78 is 18.4. The molecular formula is C19H18FN3O2. The van der Waals surface area contributed by atoms with Gasteiger partial charge in [0, 0.05) is 24.1 Å². The fourth-order valence-electron chi connectivity index (χ4n) is 2.36. The van der Waals surface area contributed by atoms with Crippen molar-refractivity contribution in [2.45, 2.75) is 26.7 Å². The number of halogens is 1. The number of aromatic nitrogens is 2. The molecule has 1 N–H and O–H groups in total. The van der Waals surface area contributed by atoms with Crippen LogP contribution in [-0.2, 0) is 11.2 Å². The highest BCUT2D eigenvalue weighted by atomic mass is 19.1. The zero-order valence-corrected chi connectivity index (χ0v) is 14.0. The van der Waals surface area contributed by atoms with Crippen molar-refractivity contribution >= 4 is 11.6 Å². The zero-order chi connectivity index (χ0) is 17.8. The average Bonchev–Trinajstić information content (AvgIpc) is 3.05. The highest BCUT2D eigenvalue weighted by Crippen LogP contribution is 2.18. The summed E-state index contributed by atoms with van der Waals surface area (Å²) in [6.45, 7) is 4.02. The second-order valence-electron chi connectivity index (χ2n) is 5.87. The minimum absolute atomic E-state index is 0.131. The van der Waals surface area contributed by atoms with E-state index in [1.54, 1.807) is 12.1 Å². The van der Waals surface area contributed by atoms with E-state index in [9.17, 15) is 9.18 Å². The molecule has 6 heteroatoms. The topological polar surface area (TPSA) is 68.0 Å². The number of carbonyl (C=O) groups excluding carboxylic acids is 1. The van der Waals surface area contributed by atoms with E-state index in [2.05, 4.69) is 15.5 Å². The first-order valence-electron chi connectivity index (χ1n) is 7.97. The van der Waals surface area contributed by atoms with Gasteiger partial charge < -0.3 is 9.84 Å². The molecule has 0 aliphatic carbocycles. The summed E-state index contributed by atoms with van der Waals surface area (Å²) in [5.74, 6) is 0.156. The Morgan fingerprint density at radius 3 is 2.76 bits per heavy atom. The minimum atomic E-state index is -0.364. The van der Waals surface area contributed by atoms with E-state index >= 15 is 0 Å². The fourth-order valence-corrected chi connectivity index (χ4v) is 2.36. The number of aryl methyl sites for hydroxylation is 3. The highest BCUT2D eigenvalue weighted by Gasteiger charge is 2.11. The number of hydrogen-bond donors (Lipinski definition) is 1. The van der Waals surface area contributed by atoms with Crippen LogP contribution in [0.2, 0.25) is 0 Å². The van der Waals surface area contributed by atoms with Crippen LogP contribution in [0.15, 0.2) is 47.0 Å². The minimum Gasteiger partial charge on any atom is -0.339 e. The standard InChI is InChI=1S/C19H18FN3O2/c1-12-6-7-16(10-13(12)2)21-17(24)8-9-18-22-19(23-25-18)14-4-3-5-15(20)11-14/h3-7,10-11H,8-9H2,1-2H3,(H,21,24). The molecule has 0 fully saturated rings. The van der Waals surface area contributed by atoms with Crippen LogP contribution in [0, 0.1) is 19.7 Å². The second kappa shape index (κ2) is 7.25. The fraction of sp³-hybridized carbons (Fsp3) is 0.211. The van der Waals surface area contributed by atoms with Gasteiger partial charge in [-0.25, -0.2) is 4.39 Å². The molecule has 0 spiro atoms. The Balaban J connectivity index is 1.58. The summed E-state index contributed by atoms with van der Waals surface area (Å²) >= 11 is 0. The van der Waals surface area contributed by atoms with Crippen LogP contribution in [-0.4, -0.2) is 16.0 Å². The normalized spacial score (nSPS) is 10.7. The highest BCUT2D eigenvalue weighted by molar-refractivity contribution is 5.90. The van der Waals surface area contributed by atoms with Gasteiger partial charge in [0.05, 0.1) is 0 Å². The van der Waals surface area contributed by atoms with Gasteiger partial charge in [-0.15, -0.1) is 0 Å². The van der Waals surface area contributed by atoms with Crippen molar-refractivity contribution in [3.05, 3.63) is 65.3 Å². The summed E-state index contributed by atoms with van der Waals surface area (Å²) in [6.07, 6.45) is 0.538. The molecule has 3 aromatic rings. The van der Waals surface area contributed by atoms with E-state index in [1.165, 1.54) is 17.7 Å². The van der Waals surface area contributed by atoms with Gasteiger partial charge >= 0.3 is 0 Å². The monoisotopic (exact) mass is 339 g/mol. The third-order valence-corrected chi connectivity index (χ3v) is 3.91. The Morgan fingerprint density at radius 1 is 1.16 bits per heavy atom. The van der Waals surface area contributed by atoms with Gasteiger partial charge in [-0.1, -0.05) is 23.4 Å². The lowest BCUT2D eigenvalue weighted by Crippen LogP contribution is -2.12. The average molecular weight is 339 g/mol. The van der Waals surface area contributed by atoms with Crippen LogP contribution in [0.3, 0.4) is 0 Å². The molecule has 0 unspecified atom stereocenters. The molecule has 0 aliphatic rings. The van der Waals surface area contributed by atoms with Crippen LogP contribution in [0.4, 0.5) is 10.1 Å². The van der Waals surface area contributed by atoms with Gasteiger partial charge in [0.25, 0.3) is 0 Å². The maximum absolute atomic E-state index is 13.2. The lowest BCUT2D eigenvalue weighted by molar-refractivity contribution is -0.116. The molecule has 0 saturated heterocycles. The lowest BCUT2D eigenvalue weighted by atomic mass is 10.1. The molecule has 0 radical (unpaired) electrons. The maximum atomic E-state index is 13.2. The summed E-state index contributed by atoms with van der Waals surface area (Å²) in [6, 6.07) is 11.7. The molecule has 25 heavy (non-hydrogen) atoms. The number of hydrogen-bond acceptors (Lipinski definition) is 4. The van der Waals surface area contributed by atoms with Gasteiger partial charge in [0.2, 0.25) is 17.6 Å². The van der Waals surface area contributed by atoms with Crippen LogP contribution in [0.25, 0.3) is 11.4 Å². The second-order valence-corrected chi connectivity index (χ2v) is 5.87. The largest absolute Gasteiger partial charge is 0.339 e. The first-order chi connectivity index (χ1) is 12.0. The van der Waals surface area contributed by atoms with Gasteiger partial charge in [-0.3, -0.25) is 4.79 Å². The molecule has 5 nitrogen and oxygen atoms in total. The predicted molar refractivity (Wildman–Crippen MR) is 92.6 cm³/mol. The Hall–Kier alpha value is -3.02. The SMILES string of the molecule is Cc1ccc(NC(=O)CCc2nc(-c3cccc(F)c3)no2)cc1C. The van der Waals surface area contributed by atoms with Gasteiger partial charge in [0.1, 0.15) is 5.82 Å². The summed E-state index contributed by atoms with van der Waals surface area (Å²) in [5, 5.41) is 6.67. The maximum Gasteiger partial charge on any atom is 0.227 e. The molecule has 1 aromatic heterocycles. The molecule has 0 atom stereocenters. The molecule has 1 amide bonds. The van der Waals surface area contributed by atoms with E-state index in [0.717, 1.165) is 11.3 Å². The van der Waals surface area contributed by atoms with Gasteiger partial charge in [0.15, 0.2) is 0 Å². The van der Waals surface area contributed by atoms with Crippen molar-refractivity contribution in [1.29, 1.82) is 0 Å². The molecule has 1 heterocycles. The van der Waals surface area contributed by atoms with E-state index in [-0.39, 0.29) is 18.1 Å². The number of nitrogens with zero attached hydrogens (tertiary/aromatic N) is 2. The van der Waals surface area contributed by atoms with Gasteiger partial charge in [-0.05, 0) is 49.2 Å². The third-order valence-electron chi connectivity index (χ3n) is 3.91. The molecule has 3 rings (SSSR count). The molecule has 0 bridgehead atoms. The predicted octanol–water partition coefficient (Wildman–Crippen LogP) is 4.06. The van der Waals surface area contributed by atoms with Crippen LogP contribution < -0.4 is 5.32 Å². The Kier molecular flexibility index (Phi) is 4.88. The molecule has 0 aliphatic heterocycles. The lowest BCUT2D eigenvalue weighted by Gasteiger charge is -2.06. The van der Waals surface area contributed by atoms with Crippen molar-refractivity contribution in [1.82, 2.24) is 10.1 Å². The smallest absolute Gasteiger partial charge is 0.227 e. The number of amides is 1. The number of carbonyl (C=O) groups is 1. The van der Waals surface area contributed by atoms with Crippen molar-refractivity contribution in [3.63, 3.8) is 0 Å². The first kappa shape index (κ1) is 16.8. The number of rotatable bonds is 5. The summed E-state index contributed by atoms with van der Waals surface area (Å²) in [5.41, 5.74) is 3.59. The Bertz CT molecular complexity index is 905. The van der Waals surface area contributed by atoms with E-state index in [4.69, 9.17) is 4.52 Å². The molecule has 128 valence electrons. The van der Waals surface area contributed by atoms with E-state index < -0.39 is 0 Å². The van der Waals surface area contributed by atoms with Crippen LogP contribution in [0.5, 0.6) is 0 Å². The van der Waals surface area contributed by atoms with Crippen LogP contribution >= 0.6 is 0 Å². The van der Waals surface area contributed by atoms with E-state index in [1.807, 2.05) is 32.0 Å². The number of anilines is 1. The summed E-state index contributed by atoms with van der Waals surface area (Å²) in [7, 11) is 0. The first-order valence-corrected chi connectivity index (χ1v) is 7.97. The molecular weight excluding hydrogens is 321 g/mol. The summed E-state index contributed by atoms with van der Waals surface area (Å²) in [4.78, 5) is 16.3. The van der Waals surface area contributed by atoms with Gasteiger partial charge in [-0.2, -0.15) is 4.98 Å². The van der Waals surface area contributed by atoms with Crippen molar-refractivity contribution in [3.8, 4) is 11.4 Å². The third kappa shape index (κ3) is 4.29. The van der Waals surface area contributed by atoms with Crippen LogP contribution in [0.1, 0.15) is 23.4 Å². The van der Waals surface area contributed by atoms with Crippen molar-refractivity contribution in [2.75, 3.05) is 5.32 Å². The van der Waals surface area contributed by atoms with Crippen molar-refractivity contribution < 1.29 is 13.7 Å².